The Balaban J connectivity index is 2.51. The van der Waals surface area contributed by atoms with Crippen molar-refractivity contribution in [1.82, 2.24) is 0 Å². The lowest BCUT2D eigenvalue weighted by atomic mass is 9.87. The van der Waals surface area contributed by atoms with Gasteiger partial charge in [0.1, 0.15) is 11.6 Å². The Morgan fingerprint density at radius 2 is 2.29 bits per heavy atom. The fourth-order valence-electron chi connectivity index (χ4n) is 2.86. The normalized spacial score (nSPS) is 21.9. The summed E-state index contributed by atoms with van der Waals surface area (Å²) in [4.78, 5) is 14.6. The number of benzene rings is 1. The Hall–Kier alpha value is -1.67. The maximum Gasteiger partial charge on any atom is 0.329 e. The Morgan fingerprint density at radius 3 is 2.90 bits per heavy atom. The first-order chi connectivity index (χ1) is 10.0. The van der Waals surface area contributed by atoms with Gasteiger partial charge in [-0.15, -0.1) is 11.8 Å². The molecule has 0 aromatic heterocycles. The predicted octanol–water partition coefficient (Wildman–Crippen LogP) is 3.50. The molecule has 1 aliphatic rings. The average Bonchev–Trinajstić information content (AvgIpc) is 2.47. The van der Waals surface area contributed by atoms with E-state index >= 15 is 0 Å². The molecule has 1 heterocycles. The molecule has 0 bridgehead atoms. The zero-order valence-electron chi connectivity index (χ0n) is 12.4. The van der Waals surface area contributed by atoms with E-state index in [1.165, 1.54) is 0 Å². The van der Waals surface area contributed by atoms with Gasteiger partial charge in [0.15, 0.2) is 0 Å². The highest BCUT2D eigenvalue weighted by Gasteiger charge is 2.42. The van der Waals surface area contributed by atoms with Crippen LogP contribution in [0.2, 0.25) is 0 Å². The topological polar surface area (TPSA) is 64.3 Å². The van der Waals surface area contributed by atoms with E-state index in [0.29, 0.717) is 18.5 Å². The van der Waals surface area contributed by atoms with Gasteiger partial charge in [0.25, 0.3) is 0 Å². The number of carboxylic acid groups (broad SMARTS) is 1. The van der Waals surface area contributed by atoms with Crippen molar-refractivity contribution in [3.63, 3.8) is 0 Å². The lowest BCUT2D eigenvalue weighted by Crippen LogP contribution is -2.55. The highest BCUT2D eigenvalue weighted by Crippen LogP contribution is 2.38. The van der Waals surface area contributed by atoms with Crippen LogP contribution < -0.4 is 4.90 Å². The summed E-state index contributed by atoms with van der Waals surface area (Å²) in [7, 11) is 0. The number of nitriles is 1. The van der Waals surface area contributed by atoms with Gasteiger partial charge < -0.3 is 10.0 Å². The van der Waals surface area contributed by atoms with Gasteiger partial charge in [0.2, 0.25) is 0 Å². The first kappa shape index (κ1) is 15.7. The molecule has 1 aromatic rings. The van der Waals surface area contributed by atoms with Crippen molar-refractivity contribution in [2.24, 2.45) is 0 Å². The summed E-state index contributed by atoms with van der Waals surface area (Å²) in [6.45, 7) is 4.48. The van der Waals surface area contributed by atoms with Crippen LogP contribution in [0.1, 0.15) is 38.7 Å². The lowest BCUT2D eigenvalue weighted by Gasteiger charge is -2.43. The zero-order chi connectivity index (χ0) is 15.5. The highest BCUT2D eigenvalue weighted by atomic mass is 32.2. The van der Waals surface area contributed by atoms with Crippen molar-refractivity contribution in [2.75, 3.05) is 17.2 Å². The monoisotopic (exact) mass is 304 g/mol. The van der Waals surface area contributed by atoms with Gasteiger partial charge in [-0.05, 0) is 44.1 Å². The number of nitrogens with zero attached hydrogens (tertiary/aromatic N) is 2. The largest absolute Gasteiger partial charge is 0.480 e. The molecule has 0 amide bonds. The minimum atomic E-state index is -0.931. The number of thioether (sulfide) groups is 1. The smallest absolute Gasteiger partial charge is 0.329 e. The van der Waals surface area contributed by atoms with Crippen molar-refractivity contribution in [3.8, 4) is 6.07 Å². The Morgan fingerprint density at radius 1 is 1.52 bits per heavy atom. The predicted molar refractivity (Wildman–Crippen MR) is 84.8 cm³/mol. The molecule has 1 N–H and O–H groups in total. The molecule has 4 nitrogen and oxygen atoms in total. The molecule has 21 heavy (non-hydrogen) atoms. The highest BCUT2D eigenvalue weighted by molar-refractivity contribution is 7.99. The lowest BCUT2D eigenvalue weighted by molar-refractivity contribution is -0.143. The molecule has 0 saturated carbocycles. The van der Waals surface area contributed by atoms with Crippen LogP contribution in [0, 0.1) is 11.3 Å². The van der Waals surface area contributed by atoms with Crippen molar-refractivity contribution in [2.45, 2.75) is 43.5 Å². The van der Waals surface area contributed by atoms with Crippen molar-refractivity contribution in [1.29, 1.82) is 5.26 Å². The van der Waals surface area contributed by atoms with Crippen molar-refractivity contribution in [3.05, 3.63) is 23.8 Å². The van der Waals surface area contributed by atoms with E-state index in [1.54, 1.807) is 18.7 Å². The van der Waals surface area contributed by atoms with E-state index in [2.05, 4.69) is 6.07 Å². The molecule has 1 aromatic carbocycles. The summed E-state index contributed by atoms with van der Waals surface area (Å²) >= 11 is 1.62. The number of carbonyl (C=O) groups is 1. The molecule has 1 fully saturated rings. The molecular weight excluding hydrogens is 284 g/mol. The standard InChI is InChI=1S/C16H20N2O2S/c1-3-21-14-8-6-7-13(12(14)11-17)18-10-5-4-9-16(18,2)15(19)20/h6-8H,3-5,9-10H2,1-2H3,(H,19,20). The molecule has 2 rings (SSSR count). The fourth-order valence-corrected chi connectivity index (χ4v) is 3.64. The van der Waals surface area contributed by atoms with Crippen LogP contribution in [0.5, 0.6) is 0 Å². The quantitative estimate of drug-likeness (QED) is 0.862. The molecule has 112 valence electrons. The Bertz CT molecular complexity index is 582. The summed E-state index contributed by atoms with van der Waals surface area (Å²) in [5, 5.41) is 19.2. The van der Waals surface area contributed by atoms with E-state index in [1.807, 2.05) is 30.0 Å². The SMILES string of the molecule is CCSc1cccc(N2CCCCC2(C)C(=O)O)c1C#N. The van der Waals surface area contributed by atoms with Gasteiger partial charge >= 0.3 is 5.97 Å². The Kier molecular flexibility index (Phi) is 4.79. The number of anilines is 1. The third kappa shape index (κ3) is 2.86. The van der Waals surface area contributed by atoms with Crippen LogP contribution in [0.4, 0.5) is 5.69 Å². The summed E-state index contributed by atoms with van der Waals surface area (Å²) in [5.41, 5.74) is 0.415. The van der Waals surface area contributed by atoms with Gasteiger partial charge in [-0.2, -0.15) is 5.26 Å². The van der Waals surface area contributed by atoms with E-state index in [9.17, 15) is 15.2 Å². The second kappa shape index (κ2) is 6.40. The summed E-state index contributed by atoms with van der Waals surface area (Å²) in [6.07, 6.45) is 2.47. The second-order valence-electron chi connectivity index (χ2n) is 5.38. The number of aliphatic carboxylic acids is 1. The van der Waals surface area contributed by atoms with E-state index < -0.39 is 11.5 Å². The molecule has 0 aliphatic carbocycles. The molecule has 0 spiro atoms. The van der Waals surface area contributed by atoms with Crippen LogP contribution in [-0.2, 0) is 4.79 Å². The minimum absolute atomic E-state index is 0.596. The maximum absolute atomic E-state index is 11.7. The number of hydrogen-bond donors (Lipinski definition) is 1. The van der Waals surface area contributed by atoms with Crippen LogP contribution in [-0.4, -0.2) is 28.9 Å². The van der Waals surface area contributed by atoms with Crippen LogP contribution in [0.15, 0.2) is 23.1 Å². The number of hydrogen-bond acceptors (Lipinski definition) is 4. The van der Waals surface area contributed by atoms with E-state index in [-0.39, 0.29) is 0 Å². The maximum atomic E-state index is 11.7. The van der Waals surface area contributed by atoms with E-state index in [0.717, 1.165) is 29.2 Å². The van der Waals surface area contributed by atoms with Gasteiger partial charge in [-0.3, -0.25) is 0 Å². The van der Waals surface area contributed by atoms with Crippen LogP contribution >= 0.6 is 11.8 Å². The molecule has 1 atom stereocenters. The third-order valence-electron chi connectivity index (χ3n) is 4.06. The van der Waals surface area contributed by atoms with Gasteiger partial charge in [-0.1, -0.05) is 13.0 Å². The molecule has 5 heteroatoms. The molecule has 1 aliphatic heterocycles. The second-order valence-corrected chi connectivity index (χ2v) is 6.69. The third-order valence-corrected chi connectivity index (χ3v) is 5.00. The molecule has 1 unspecified atom stereocenters. The number of piperidine rings is 1. The zero-order valence-corrected chi connectivity index (χ0v) is 13.2. The van der Waals surface area contributed by atoms with E-state index in [4.69, 9.17) is 0 Å². The number of rotatable bonds is 4. The summed E-state index contributed by atoms with van der Waals surface area (Å²) in [6, 6.07) is 7.97. The summed E-state index contributed by atoms with van der Waals surface area (Å²) in [5.74, 6) is 0.0635. The van der Waals surface area contributed by atoms with Crippen LogP contribution in [0.3, 0.4) is 0 Å². The molecule has 1 saturated heterocycles. The average molecular weight is 304 g/mol. The van der Waals surface area contributed by atoms with Gasteiger partial charge in [0.05, 0.1) is 11.3 Å². The first-order valence-corrected chi connectivity index (χ1v) is 8.20. The summed E-state index contributed by atoms with van der Waals surface area (Å²) < 4.78 is 0. The van der Waals surface area contributed by atoms with Crippen molar-refractivity contribution >= 4 is 23.4 Å². The molecule has 0 radical (unpaired) electrons. The van der Waals surface area contributed by atoms with Gasteiger partial charge in [-0.25, -0.2) is 4.79 Å². The van der Waals surface area contributed by atoms with Gasteiger partial charge in [0, 0.05) is 11.4 Å². The fraction of sp³-hybridized carbons (Fsp3) is 0.500. The Labute approximate surface area is 129 Å². The first-order valence-electron chi connectivity index (χ1n) is 7.21. The van der Waals surface area contributed by atoms with Crippen molar-refractivity contribution < 1.29 is 9.90 Å². The minimum Gasteiger partial charge on any atom is -0.480 e. The molecular formula is C16H20N2O2S. The van der Waals surface area contributed by atoms with Crippen LogP contribution in [0.25, 0.3) is 0 Å². The number of carboxylic acids is 1.